The van der Waals surface area contributed by atoms with E-state index in [-0.39, 0.29) is 43.1 Å². The number of benzene rings is 1. The topological polar surface area (TPSA) is 121 Å². The van der Waals surface area contributed by atoms with Gasteiger partial charge in [-0.25, -0.2) is 13.2 Å². The highest BCUT2D eigenvalue weighted by Gasteiger charge is 2.39. The zero-order valence-electron chi connectivity index (χ0n) is 20.8. The normalized spacial score (nSPS) is 21.6. The lowest BCUT2D eigenvalue weighted by Gasteiger charge is -2.40. The second-order valence-corrected chi connectivity index (χ2v) is 12.5. The van der Waals surface area contributed by atoms with Gasteiger partial charge in [0.1, 0.15) is 10.6 Å². The summed E-state index contributed by atoms with van der Waals surface area (Å²) in [5.74, 6) is -0.274. The van der Waals surface area contributed by atoms with E-state index in [4.69, 9.17) is 21.1 Å². The number of fused-ring (bicyclic) bond motifs is 1. The number of aromatic nitrogens is 1. The maximum atomic E-state index is 13.5. The maximum Gasteiger partial charge on any atom is 0.410 e. The molecule has 2 fully saturated rings. The van der Waals surface area contributed by atoms with E-state index >= 15 is 0 Å². The van der Waals surface area contributed by atoms with Gasteiger partial charge in [-0.05, 0) is 57.9 Å². The van der Waals surface area contributed by atoms with Crippen LogP contribution in [0.4, 0.5) is 4.79 Å². The minimum absolute atomic E-state index is 0.0188. The molecule has 10 nitrogen and oxygen atoms in total. The summed E-state index contributed by atoms with van der Waals surface area (Å²) < 4.78 is 39.4. The highest BCUT2D eigenvalue weighted by molar-refractivity contribution is 7.89. The molecule has 0 aliphatic carbocycles. The predicted molar refractivity (Wildman–Crippen MR) is 135 cm³/mol. The van der Waals surface area contributed by atoms with Crippen molar-refractivity contribution < 1.29 is 27.5 Å². The number of piperazine rings is 1. The van der Waals surface area contributed by atoms with Crippen LogP contribution in [0.15, 0.2) is 29.3 Å². The summed E-state index contributed by atoms with van der Waals surface area (Å²) in [6, 6.07) is 5.94. The van der Waals surface area contributed by atoms with Crippen LogP contribution in [0.1, 0.15) is 40.0 Å². The van der Waals surface area contributed by atoms with Gasteiger partial charge in [0.15, 0.2) is 0 Å². The largest absolute Gasteiger partial charge is 0.444 e. The molecule has 2 atom stereocenters. The lowest BCUT2D eigenvalue weighted by atomic mass is 10.1. The number of nitrogens with zero attached hydrogens (tertiary/aromatic N) is 2. The van der Waals surface area contributed by atoms with Gasteiger partial charge in [0.2, 0.25) is 5.91 Å². The standard InChI is InChI=1S/C24H33ClN4O6S/c1-24(2,3)35-23(31)29-9-8-28(15-18(29)13-21(30)26-14-19-5-4-10-34-19)36(32,33)22-12-16-11-17(25)6-7-20(16)27-22/h6-7,11-12,18-19,27H,4-5,8-10,13-15H2,1-3H3,(H,26,30). The molecule has 1 aromatic heterocycles. The number of carbonyl (C=O) groups excluding carboxylic acids is 2. The first kappa shape index (κ1) is 26.7. The highest BCUT2D eigenvalue weighted by atomic mass is 35.5. The van der Waals surface area contributed by atoms with Crippen molar-refractivity contribution in [1.82, 2.24) is 19.5 Å². The maximum absolute atomic E-state index is 13.5. The molecule has 2 saturated heterocycles. The number of ether oxygens (including phenoxy) is 2. The van der Waals surface area contributed by atoms with Crippen molar-refractivity contribution >= 4 is 44.5 Å². The fourth-order valence-electron chi connectivity index (χ4n) is 4.45. The molecule has 198 valence electrons. The Morgan fingerprint density at radius 3 is 2.72 bits per heavy atom. The molecule has 1 aromatic carbocycles. The quantitative estimate of drug-likeness (QED) is 0.580. The number of sulfonamides is 1. The molecule has 2 amide bonds. The Balaban J connectivity index is 1.51. The van der Waals surface area contributed by atoms with Gasteiger partial charge in [0.05, 0.1) is 12.1 Å². The molecule has 2 unspecified atom stereocenters. The predicted octanol–water partition coefficient (Wildman–Crippen LogP) is 3.12. The number of H-pyrrole nitrogens is 1. The first-order valence-corrected chi connectivity index (χ1v) is 13.9. The van der Waals surface area contributed by atoms with E-state index in [0.29, 0.717) is 29.1 Å². The van der Waals surface area contributed by atoms with E-state index in [2.05, 4.69) is 10.3 Å². The molecule has 36 heavy (non-hydrogen) atoms. The number of nitrogens with one attached hydrogen (secondary N) is 2. The van der Waals surface area contributed by atoms with Gasteiger partial charge >= 0.3 is 6.09 Å². The average molecular weight is 541 g/mol. The molecular weight excluding hydrogens is 508 g/mol. The monoisotopic (exact) mass is 540 g/mol. The van der Waals surface area contributed by atoms with E-state index in [0.717, 1.165) is 12.8 Å². The lowest BCUT2D eigenvalue weighted by molar-refractivity contribution is -0.123. The highest BCUT2D eigenvalue weighted by Crippen LogP contribution is 2.27. The van der Waals surface area contributed by atoms with E-state index in [1.165, 1.54) is 9.21 Å². The van der Waals surface area contributed by atoms with Crippen LogP contribution >= 0.6 is 11.6 Å². The van der Waals surface area contributed by atoms with Crippen molar-refractivity contribution in [1.29, 1.82) is 0 Å². The van der Waals surface area contributed by atoms with E-state index in [1.807, 2.05) is 0 Å². The average Bonchev–Trinajstić information content (AvgIpc) is 3.46. The molecule has 0 bridgehead atoms. The van der Waals surface area contributed by atoms with E-state index < -0.39 is 27.8 Å². The summed E-state index contributed by atoms with van der Waals surface area (Å²) in [5, 5.41) is 4.08. The third-order valence-electron chi connectivity index (χ3n) is 6.22. The van der Waals surface area contributed by atoms with Crippen LogP contribution in [-0.4, -0.2) is 85.1 Å². The number of hydrogen-bond donors (Lipinski definition) is 2. The molecule has 2 aromatic rings. The summed E-state index contributed by atoms with van der Waals surface area (Å²) in [5.41, 5.74) is -0.0751. The lowest BCUT2D eigenvalue weighted by Crippen LogP contribution is -2.58. The summed E-state index contributed by atoms with van der Waals surface area (Å²) in [7, 11) is -3.91. The Bertz CT molecular complexity index is 1220. The van der Waals surface area contributed by atoms with Crippen molar-refractivity contribution in [3.05, 3.63) is 29.3 Å². The zero-order chi connectivity index (χ0) is 26.1. The Labute approximate surface area is 216 Å². The fourth-order valence-corrected chi connectivity index (χ4v) is 6.12. The smallest absolute Gasteiger partial charge is 0.410 e. The zero-order valence-corrected chi connectivity index (χ0v) is 22.3. The van der Waals surface area contributed by atoms with Gasteiger partial charge in [0, 0.05) is 55.1 Å². The van der Waals surface area contributed by atoms with Crippen LogP contribution in [0.5, 0.6) is 0 Å². The fraction of sp³-hybridized carbons (Fsp3) is 0.583. The SMILES string of the molecule is CC(C)(C)OC(=O)N1CCN(S(=O)(=O)c2cc3cc(Cl)ccc3[nH]2)CC1CC(=O)NCC1CCCO1. The Morgan fingerprint density at radius 2 is 2.03 bits per heavy atom. The molecule has 0 spiro atoms. The van der Waals surface area contributed by atoms with Gasteiger partial charge in [-0.3, -0.25) is 4.79 Å². The number of halogens is 1. The molecular formula is C24H33ClN4O6S. The van der Waals surface area contributed by atoms with Crippen LogP contribution in [0.3, 0.4) is 0 Å². The number of amides is 2. The molecule has 12 heteroatoms. The second-order valence-electron chi connectivity index (χ2n) is 10.2. The first-order valence-electron chi connectivity index (χ1n) is 12.1. The van der Waals surface area contributed by atoms with Crippen molar-refractivity contribution in [3.8, 4) is 0 Å². The van der Waals surface area contributed by atoms with E-state index in [9.17, 15) is 18.0 Å². The summed E-state index contributed by atoms with van der Waals surface area (Å²) >= 11 is 6.05. The van der Waals surface area contributed by atoms with Crippen molar-refractivity contribution in [2.45, 2.75) is 62.8 Å². The molecule has 2 aliphatic heterocycles. The van der Waals surface area contributed by atoms with Gasteiger partial charge in [-0.15, -0.1) is 0 Å². The number of rotatable bonds is 6. The molecule has 3 heterocycles. The third kappa shape index (κ3) is 6.31. The van der Waals surface area contributed by atoms with Gasteiger partial charge in [0.25, 0.3) is 10.0 Å². The van der Waals surface area contributed by atoms with Crippen LogP contribution in [0.25, 0.3) is 10.9 Å². The van der Waals surface area contributed by atoms with Gasteiger partial charge in [-0.1, -0.05) is 11.6 Å². The van der Waals surface area contributed by atoms with E-state index in [1.54, 1.807) is 45.0 Å². The number of aromatic amines is 1. The van der Waals surface area contributed by atoms with Crippen LogP contribution in [0.2, 0.25) is 5.02 Å². The second kappa shape index (κ2) is 10.6. The Morgan fingerprint density at radius 1 is 1.25 bits per heavy atom. The minimum atomic E-state index is -3.91. The van der Waals surface area contributed by atoms with Gasteiger partial charge in [-0.2, -0.15) is 4.31 Å². The first-order chi connectivity index (χ1) is 16.9. The minimum Gasteiger partial charge on any atom is -0.444 e. The Hall–Kier alpha value is -2.34. The van der Waals surface area contributed by atoms with Gasteiger partial charge < -0.3 is 24.7 Å². The molecule has 0 saturated carbocycles. The van der Waals surface area contributed by atoms with Crippen LogP contribution in [-0.2, 0) is 24.3 Å². The molecule has 2 N–H and O–H groups in total. The molecule has 0 radical (unpaired) electrons. The van der Waals surface area contributed by atoms with Crippen molar-refractivity contribution in [3.63, 3.8) is 0 Å². The summed E-state index contributed by atoms with van der Waals surface area (Å²) in [6.07, 6.45) is 1.20. The third-order valence-corrected chi connectivity index (χ3v) is 8.24. The van der Waals surface area contributed by atoms with Crippen LogP contribution < -0.4 is 5.32 Å². The molecule has 2 aliphatic rings. The van der Waals surface area contributed by atoms with Crippen molar-refractivity contribution in [2.24, 2.45) is 0 Å². The summed E-state index contributed by atoms with van der Waals surface area (Å²) in [4.78, 5) is 30.1. The Kier molecular flexibility index (Phi) is 7.84. The van der Waals surface area contributed by atoms with Crippen LogP contribution in [0, 0.1) is 0 Å². The number of carbonyl (C=O) groups is 2. The summed E-state index contributed by atoms with van der Waals surface area (Å²) in [6.45, 7) is 6.49. The number of hydrogen-bond acceptors (Lipinski definition) is 6. The van der Waals surface area contributed by atoms with Crippen molar-refractivity contribution in [2.75, 3.05) is 32.8 Å². The molecule has 4 rings (SSSR count).